The molecule has 0 aliphatic heterocycles. The second-order valence-corrected chi connectivity index (χ2v) is 10.1. The summed E-state index contributed by atoms with van der Waals surface area (Å²) in [6.07, 6.45) is -3.03. The fourth-order valence-electron chi connectivity index (χ4n) is 3.96. The number of rotatable bonds is 10. The maximum atomic E-state index is 13.3. The number of aromatic nitrogens is 3. The second kappa shape index (κ2) is 12.2. The maximum Gasteiger partial charge on any atom is 0.416 e. The number of fused-ring (bicyclic) bond motifs is 1. The summed E-state index contributed by atoms with van der Waals surface area (Å²) in [6, 6.07) is 18.1. The zero-order valence-electron chi connectivity index (χ0n) is 20.9. The Morgan fingerprint density at radius 3 is 2.55 bits per heavy atom. The molecule has 0 bridgehead atoms. The number of aliphatic hydroxyl groups excluding tert-OH is 1. The third kappa shape index (κ3) is 6.50. The van der Waals surface area contributed by atoms with E-state index in [4.69, 9.17) is 26.4 Å². The third-order valence-corrected chi connectivity index (χ3v) is 7.22. The summed E-state index contributed by atoms with van der Waals surface area (Å²) >= 11 is 7.83. The number of hydrogen-bond acceptors (Lipinski definition) is 8. The quantitative estimate of drug-likeness (QED) is 0.155. The van der Waals surface area contributed by atoms with E-state index in [1.807, 2.05) is 24.3 Å². The Labute approximate surface area is 236 Å². The van der Waals surface area contributed by atoms with Crippen molar-refractivity contribution < 1.29 is 23.0 Å². The second-order valence-electron chi connectivity index (χ2n) is 8.71. The van der Waals surface area contributed by atoms with Crippen molar-refractivity contribution in [3.8, 4) is 16.3 Å². The molecule has 0 radical (unpaired) electrons. The van der Waals surface area contributed by atoms with Crippen molar-refractivity contribution in [2.45, 2.75) is 19.3 Å². The van der Waals surface area contributed by atoms with Crippen molar-refractivity contribution in [1.82, 2.24) is 20.3 Å². The van der Waals surface area contributed by atoms with E-state index >= 15 is 0 Å². The summed E-state index contributed by atoms with van der Waals surface area (Å²) in [6.45, 7) is 1.00. The number of alkyl halides is 3. The zero-order valence-corrected chi connectivity index (χ0v) is 22.4. The van der Waals surface area contributed by atoms with Gasteiger partial charge in [0.15, 0.2) is 5.82 Å². The number of thiazole rings is 1. The van der Waals surface area contributed by atoms with E-state index in [0.717, 1.165) is 22.2 Å². The van der Waals surface area contributed by atoms with Crippen LogP contribution in [0.2, 0.25) is 5.02 Å². The molecular weight excluding hydrogens is 563 g/mol. The van der Waals surface area contributed by atoms with Gasteiger partial charge in [0.25, 0.3) is 0 Å². The Balaban J connectivity index is 1.30. The lowest BCUT2D eigenvalue weighted by molar-refractivity contribution is -0.138. The van der Waals surface area contributed by atoms with E-state index in [2.05, 4.69) is 20.6 Å². The fraction of sp³-hybridized carbons (Fsp3) is 0.179. The van der Waals surface area contributed by atoms with Crippen LogP contribution in [0.15, 0.2) is 73.1 Å². The molecule has 0 atom stereocenters. The average molecular weight is 586 g/mol. The van der Waals surface area contributed by atoms with Gasteiger partial charge >= 0.3 is 6.18 Å². The van der Waals surface area contributed by atoms with Gasteiger partial charge in [-0.2, -0.15) is 13.2 Å². The summed E-state index contributed by atoms with van der Waals surface area (Å²) in [4.78, 5) is 14.1. The van der Waals surface area contributed by atoms with Crippen molar-refractivity contribution in [3.05, 3.63) is 94.8 Å². The van der Waals surface area contributed by atoms with Gasteiger partial charge in [0, 0.05) is 29.9 Å². The molecule has 0 fully saturated rings. The monoisotopic (exact) mass is 585 g/mol. The SMILES string of the molecule is OCCNCc1ccc(-c2nc3c(Nc4ccc(OCc5ccccc5C(F)(F)F)c(Cl)c4)ncnc3s2)cc1. The number of hydrogen-bond donors (Lipinski definition) is 3. The van der Waals surface area contributed by atoms with Gasteiger partial charge in [-0.3, -0.25) is 0 Å². The highest BCUT2D eigenvalue weighted by atomic mass is 35.5. The molecule has 0 saturated heterocycles. The van der Waals surface area contributed by atoms with Crippen LogP contribution in [0.1, 0.15) is 16.7 Å². The molecule has 0 aliphatic rings. The Bertz CT molecular complexity index is 1610. The van der Waals surface area contributed by atoms with E-state index in [-0.39, 0.29) is 29.5 Å². The van der Waals surface area contributed by atoms with Gasteiger partial charge in [-0.25, -0.2) is 15.0 Å². The molecule has 40 heavy (non-hydrogen) atoms. The van der Waals surface area contributed by atoms with Crippen LogP contribution in [-0.4, -0.2) is 33.2 Å². The van der Waals surface area contributed by atoms with Gasteiger partial charge < -0.3 is 20.5 Å². The highest BCUT2D eigenvalue weighted by Crippen LogP contribution is 2.36. The molecule has 5 rings (SSSR count). The lowest BCUT2D eigenvalue weighted by atomic mass is 10.1. The van der Waals surface area contributed by atoms with Gasteiger partial charge in [-0.05, 0) is 29.8 Å². The van der Waals surface area contributed by atoms with E-state index in [9.17, 15) is 13.2 Å². The number of nitrogens with zero attached hydrogens (tertiary/aromatic N) is 3. The first-order valence-electron chi connectivity index (χ1n) is 12.2. The molecule has 206 valence electrons. The first-order chi connectivity index (χ1) is 19.3. The average Bonchev–Trinajstić information content (AvgIpc) is 3.38. The highest BCUT2D eigenvalue weighted by molar-refractivity contribution is 7.21. The number of anilines is 2. The van der Waals surface area contributed by atoms with Crippen molar-refractivity contribution in [1.29, 1.82) is 0 Å². The molecular formula is C28H23ClF3N5O2S. The summed E-state index contributed by atoms with van der Waals surface area (Å²) in [5.41, 5.74) is 2.50. The number of nitrogens with one attached hydrogen (secondary N) is 2. The van der Waals surface area contributed by atoms with Crippen LogP contribution < -0.4 is 15.4 Å². The van der Waals surface area contributed by atoms with E-state index in [1.165, 1.54) is 35.9 Å². The Hall–Kier alpha value is -3.77. The van der Waals surface area contributed by atoms with Crippen molar-refractivity contribution >= 4 is 44.8 Å². The summed E-state index contributed by atoms with van der Waals surface area (Å²) in [7, 11) is 0. The van der Waals surface area contributed by atoms with Crippen LogP contribution in [0.25, 0.3) is 20.9 Å². The summed E-state index contributed by atoms with van der Waals surface area (Å²) < 4.78 is 45.4. The molecule has 0 saturated carbocycles. The molecule has 5 aromatic rings. The lowest BCUT2D eigenvalue weighted by Crippen LogP contribution is -2.17. The topological polar surface area (TPSA) is 92.2 Å². The van der Waals surface area contributed by atoms with Crippen LogP contribution in [0.5, 0.6) is 5.75 Å². The Morgan fingerprint density at radius 1 is 1.00 bits per heavy atom. The molecule has 0 spiro atoms. The molecule has 2 aromatic heterocycles. The third-order valence-electron chi connectivity index (χ3n) is 5.91. The zero-order chi connectivity index (χ0) is 28.1. The van der Waals surface area contributed by atoms with Crippen molar-refractivity contribution in [3.63, 3.8) is 0 Å². The number of aliphatic hydroxyl groups is 1. The normalized spacial score (nSPS) is 11.6. The minimum absolute atomic E-state index is 0.0176. The Morgan fingerprint density at radius 2 is 1.80 bits per heavy atom. The fourth-order valence-corrected chi connectivity index (χ4v) is 5.10. The summed E-state index contributed by atoms with van der Waals surface area (Å²) in [5, 5.41) is 16.3. The first-order valence-corrected chi connectivity index (χ1v) is 13.4. The molecule has 0 amide bonds. The van der Waals surface area contributed by atoms with E-state index < -0.39 is 11.7 Å². The van der Waals surface area contributed by atoms with Crippen molar-refractivity contribution in [2.75, 3.05) is 18.5 Å². The van der Waals surface area contributed by atoms with Gasteiger partial charge in [0.1, 0.15) is 34.0 Å². The van der Waals surface area contributed by atoms with Crippen molar-refractivity contribution in [2.24, 2.45) is 0 Å². The van der Waals surface area contributed by atoms with E-state index in [1.54, 1.807) is 18.2 Å². The molecule has 3 aromatic carbocycles. The smallest absolute Gasteiger partial charge is 0.416 e. The maximum absolute atomic E-state index is 13.3. The molecule has 12 heteroatoms. The standard InChI is InChI=1S/C28H23ClF3N5O2S/c29-22-13-20(9-10-23(22)39-15-19-3-1-2-4-21(19)28(30,31)32)36-25-24-27(35-16-34-25)40-26(37-24)18-7-5-17(6-8-18)14-33-11-12-38/h1-10,13,16,33,38H,11-12,14-15H2,(H,34,35,36). The molecule has 7 nitrogen and oxygen atoms in total. The van der Waals surface area contributed by atoms with Gasteiger partial charge in [0.2, 0.25) is 0 Å². The van der Waals surface area contributed by atoms with Gasteiger partial charge in [-0.15, -0.1) is 0 Å². The Kier molecular flexibility index (Phi) is 8.46. The van der Waals surface area contributed by atoms with Crippen LogP contribution in [0, 0.1) is 0 Å². The molecule has 0 aliphatic carbocycles. The largest absolute Gasteiger partial charge is 0.487 e. The highest BCUT2D eigenvalue weighted by Gasteiger charge is 2.33. The lowest BCUT2D eigenvalue weighted by Gasteiger charge is -2.14. The molecule has 0 unspecified atom stereocenters. The first kappa shape index (κ1) is 27.8. The number of benzene rings is 3. The minimum atomic E-state index is -4.47. The van der Waals surface area contributed by atoms with Crippen LogP contribution in [0.3, 0.4) is 0 Å². The van der Waals surface area contributed by atoms with E-state index in [0.29, 0.717) is 34.9 Å². The molecule has 2 heterocycles. The predicted molar refractivity (Wildman–Crippen MR) is 150 cm³/mol. The minimum Gasteiger partial charge on any atom is -0.487 e. The van der Waals surface area contributed by atoms with Crippen LogP contribution in [-0.2, 0) is 19.3 Å². The van der Waals surface area contributed by atoms with Gasteiger partial charge in [0.05, 0.1) is 17.2 Å². The summed E-state index contributed by atoms with van der Waals surface area (Å²) in [5.74, 6) is 0.740. The number of halogens is 4. The van der Waals surface area contributed by atoms with Crippen LogP contribution in [0.4, 0.5) is 24.7 Å². The predicted octanol–water partition coefficient (Wildman–Crippen LogP) is 6.83. The number of ether oxygens (including phenoxy) is 1. The molecule has 3 N–H and O–H groups in total. The van der Waals surface area contributed by atoms with Gasteiger partial charge in [-0.1, -0.05) is 65.4 Å². The van der Waals surface area contributed by atoms with Crippen LogP contribution >= 0.6 is 22.9 Å².